The molecular formula is C16H21NO2. The van der Waals surface area contributed by atoms with Gasteiger partial charge in [0.2, 0.25) is 0 Å². The Hall–Kier alpha value is -1.77. The fourth-order valence-electron chi connectivity index (χ4n) is 2.57. The third-order valence-electron chi connectivity index (χ3n) is 3.64. The Morgan fingerprint density at radius 3 is 2.84 bits per heavy atom. The summed E-state index contributed by atoms with van der Waals surface area (Å²) < 4.78 is 5.41. The molecule has 0 radical (unpaired) electrons. The molecule has 1 heterocycles. The number of amides is 1. The molecule has 3 nitrogen and oxygen atoms in total. The third kappa shape index (κ3) is 3.37. The highest BCUT2D eigenvalue weighted by molar-refractivity contribution is 5.69. The molecule has 0 N–H and O–H groups in total. The molecule has 1 fully saturated rings. The number of nitrogens with zero attached hydrogens (tertiary/aromatic N) is 1. The molecule has 1 aliphatic heterocycles. The van der Waals surface area contributed by atoms with Gasteiger partial charge in [-0.3, -0.25) is 4.90 Å². The van der Waals surface area contributed by atoms with Crippen molar-refractivity contribution in [3.63, 3.8) is 0 Å². The minimum Gasteiger partial charge on any atom is -0.445 e. The van der Waals surface area contributed by atoms with Gasteiger partial charge in [0.15, 0.2) is 0 Å². The minimum absolute atomic E-state index is 0.104. The molecule has 0 saturated carbocycles. The zero-order valence-electron chi connectivity index (χ0n) is 11.4. The van der Waals surface area contributed by atoms with Crippen LogP contribution in [0.25, 0.3) is 0 Å². The summed E-state index contributed by atoms with van der Waals surface area (Å²) in [6.07, 6.45) is 4.76. The van der Waals surface area contributed by atoms with E-state index in [2.05, 4.69) is 13.5 Å². The number of ether oxygens (including phenoxy) is 1. The topological polar surface area (TPSA) is 29.5 Å². The van der Waals surface area contributed by atoms with Gasteiger partial charge in [-0.2, -0.15) is 0 Å². The zero-order valence-corrected chi connectivity index (χ0v) is 11.4. The van der Waals surface area contributed by atoms with Crippen LogP contribution in [0.1, 0.15) is 31.7 Å². The molecule has 2 atom stereocenters. The van der Waals surface area contributed by atoms with Crippen LogP contribution < -0.4 is 0 Å². The number of piperidine rings is 1. The van der Waals surface area contributed by atoms with Crippen LogP contribution in [0.3, 0.4) is 0 Å². The van der Waals surface area contributed by atoms with Gasteiger partial charge in [0.05, 0.1) is 6.04 Å². The van der Waals surface area contributed by atoms with Crippen molar-refractivity contribution in [2.24, 2.45) is 0 Å². The Balaban J connectivity index is 1.96. The lowest BCUT2D eigenvalue weighted by Crippen LogP contribution is -2.48. The van der Waals surface area contributed by atoms with Crippen molar-refractivity contribution in [3.8, 4) is 0 Å². The average molecular weight is 259 g/mol. The van der Waals surface area contributed by atoms with Gasteiger partial charge in [-0.1, -0.05) is 36.4 Å². The van der Waals surface area contributed by atoms with Crippen molar-refractivity contribution in [1.29, 1.82) is 0 Å². The summed E-state index contributed by atoms with van der Waals surface area (Å²) in [7, 11) is 0. The van der Waals surface area contributed by atoms with Crippen molar-refractivity contribution < 1.29 is 9.53 Å². The lowest BCUT2D eigenvalue weighted by atomic mass is 9.97. The SMILES string of the molecule is C=C[C@H]1CCC[C@H](C)N1C(=O)OCc1ccccc1. The van der Waals surface area contributed by atoms with Crippen molar-refractivity contribution in [2.75, 3.05) is 0 Å². The zero-order chi connectivity index (χ0) is 13.7. The van der Waals surface area contributed by atoms with Gasteiger partial charge in [-0.05, 0) is 31.7 Å². The van der Waals surface area contributed by atoms with Crippen LogP contribution in [0.15, 0.2) is 43.0 Å². The molecule has 1 saturated heterocycles. The van der Waals surface area contributed by atoms with E-state index in [1.165, 1.54) is 0 Å². The molecule has 0 aliphatic carbocycles. The molecule has 0 unspecified atom stereocenters. The summed E-state index contributed by atoms with van der Waals surface area (Å²) in [6, 6.07) is 10.1. The molecule has 1 amide bonds. The van der Waals surface area contributed by atoms with E-state index >= 15 is 0 Å². The van der Waals surface area contributed by atoms with Crippen molar-refractivity contribution in [2.45, 2.75) is 44.9 Å². The number of rotatable bonds is 3. The molecule has 1 aliphatic rings. The van der Waals surface area contributed by atoms with E-state index in [4.69, 9.17) is 4.74 Å². The Labute approximate surface area is 114 Å². The van der Waals surface area contributed by atoms with Gasteiger partial charge in [-0.25, -0.2) is 4.79 Å². The Morgan fingerprint density at radius 1 is 1.42 bits per heavy atom. The summed E-state index contributed by atoms with van der Waals surface area (Å²) in [4.78, 5) is 14.0. The first-order valence-electron chi connectivity index (χ1n) is 6.84. The quantitative estimate of drug-likeness (QED) is 0.774. The predicted molar refractivity (Wildman–Crippen MR) is 75.8 cm³/mol. The maximum atomic E-state index is 12.2. The monoisotopic (exact) mass is 259 g/mol. The lowest BCUT2D eigenvalue weighted by molar-refractivity contribution is 0.0574. The maximum Gasteiger partial charge on any atom is 0.410 e. The second-order valence-electron chi connectivity index (χ2n) is 5.03. The molecule has 1 aromatic rings. The van der Waals surface area contributed by atoms with Gasteiger partial charge in [-0.15, -0.1) is 6.58 Å². The molecule has 0 aromatic heterocycles. The van der Waals surface area contributed by atoms with Crippen LogP contribution in [0, 0.1) is 0 Å². The smallest absolute Gasteiger partial charge is 0.410 e. The van der Waals surface area contributed by atoms with Crippen LogP contribution in [0.2, 0.25) is 0 Å². The van der Waals surface area contributed by atoms with E-state index < -0.39 is 0 Å². The standard InChI is InChI=1S/C16H21NO2/c1-3-15-11-7-8-13(2)17(15)16(18)19-12-14-9-5-4-6-10-14/h3-6,9-10,13,15H,1,7-8,11-12H2,2H3/t13-,15-/m0/s1. The maximum absolute atomic E-state index is 12.2. The number of hydrogen-bond donors (Lipinski definition) is 0. The van der Waals surface area contributed by atoms with E-state index in [0.29, 0.717) is 6.61 Å². The van der Waals surface area contributed by atoms with E-state index in [-0.39, 0.29) is 18.2 Å². The fraction of sp³-hybridized carbons (Fsp3) is 0.438. The van der Waals surface area contributed by atoms with E-state index in [1.54, 1.807) is 0 Å². The minimum atomic E-state index is -0.235. The Bertz CT molecular complexity index is 430. The average Bonchev–Trinajstić information content (AvgIpc) is 2.45. The number of carbonyl (C=O) groups excluding carboxylic acids is 1. The highest BCUT2D eigenvalue weighted by atomic mass is 16.6. The van der Waals surface area contributed by atoms with Gasteiger partial charge in [0.1, 0.15) is 6.61 Å². The van der Waals surface area contributed by atoms with Gasteiger partial charge >= 0.3 is 6.09 Å². The van der Waals surface area contributed by atoms with Gasteiger partial charge in [0, 0.05) is 6.04 Å². The first kappa shape index (κ1) is 13.7. The molecule has 3 heteroatoms. The normalized spacial score (nSPS) is 22.9. The van der Waals surface area contributed by atoms with E-state index in [1.807, 2.05) is 41.3 Å². The fourth-order valence-corrected chi connectivity index (χ4v) is 2.57. The molecule has 0 bridgehead atoms. The number of likely N-dealkylation sites (tertiary alicyclic amines) is 1. The number of hydrogen-bond acceptors (Lipinski definition) is 2. The number of benzene rings is 1. The number of carbonyl (C=O) groups is 1. The summed E-state index contributed by atoms with van der Waals surface area (Å²) in [6.45, 7) is 6.22. The third-order valence-corrected chi connectivity index (χ3v) is 3.64. The molecular weight excluding hydrogens is 238 g/mol. The van der Waals surface area contributed by atoms with Crippen LogP contribution in [0.5, 0.6) is 0 Å². The second kappa shape index (κ2) is 6.41. The summed E-state index contributed by atoms with van der Waals surface area (Å²) in [5.41, 5.74) is 1.01. The summed E-state index contributed by atoms with van der Waals surface area (Å²) in [5.74, 6) is 0. The Kier molecular flexibility index (Phi) is 4.61. The van der Waals surface area contributed by atoms with E-state index in [0.717, 1.165) is 24.8 Å². The van der Waals surface area contributed by atoms with Crippen molar-refractivity contribution >= 4 is 6.09 Å². The first-order valence-corrected chi connectivity index (χ1v) is 6.84. The summed E-state index contributed by atoms with van der Waals surface area (Å²) in [5, 5.41) is 0. The van der Waals surface area contributed by atoms with Crippen LogP contribution in [-0.2, 0) is 11.3 Å². The summed E-state index contributed by atoms with van der Waals surface area (Å²) >= 11 is 0. The first-order chi connectivity index (χ1) is 9.22. The van der Waals surface area contributed by atoms with Gasteiger partial charge < -0.3 is 4.74 Å². The predicted octanol–water partition coefficient (Wildman–Crippen LogP) is 3.75. The highest BCUT2D eigenvalue weighted by Crippen LogP contribution is 2.24. The lowest BCUT2D eigenvalue weighted by Gasteiger charge is -2.38. The Morgan fingerprint density at radius 2 is 2.16 bits per heavy atom. The van der Waals surface area contributed by atoms with Crippen LogP contribution >= 0.6 is 0 Å². The molecule has 19 heavy (non-hydrogen) atoms. The highest BCUT2D eigenvalue weighted by Gasteiger charge is 2.30. The van der Waals surface area contributed by atoms with Crippen LogP contribution in [0.4, 0.5) is 4.79 Å². The second-order valence-corrected chi connectivity index (χ2v) is 5.03. The van der Waals surface area contributed by atoms with Gasteiger partial charge in [0.25, 0.3) is 0 Å². The largest absolute Gasteiger partial charge is 0.445 e. The molecule has 0 spiro atoms. The molecule has 2 rings (SSSR count). The van der Waals surface area contributed by atoms with Crippen LogP contribution in [-0.4, -0.2) is 23.1 Å². The molecule has 1 aromatic carbocycles. The van der Waals surface area contributed by atoms with E-state index in [9.17, 15) is 4.79 Å². The molecule has 102 valence electrons. The van der Waals surface area contributed by atoms with Crippen molar-refractivity contribution in [3.05, 3.63) is 48.6 Å². The van der Waals surface area contributed by atoms with Crippen molar-refractivity contribution in [1.82, 2.24) is 4.90 Å².